The van der Waals surface area contributed by atoms with E-state index in [-0.39, 0.29) is 17.9 Å². The number of rotatable bonds is 13. The highest BCUT2D eigenvalue weighted by molar-refractivity contribution is 5.90. The average Bonchev–Trinajstić information content (AvgIpc) is 2.80. The first kappa shape index (κ1) is 30.4. The van der Waals surface area contributed by atoms with Gasteiger partial charge in [0.05, 0.1) is 6.04 Å². The summed E-state index contributed by atoms with van der Waals surface area (Å²) in [7, 11) is 1.99. The number of carbonyl (C=O) groups excluding carboxylic acids is 2. The molecule has 0 unspecified atom stereocenters. The number of nitrogens with one attached hydrogen (secondary N) is 2. The van der Waals surface area contributed by atoms with Gasteiger partial charge in [-0.15, -0.1) is 0 Å². The predicted molar refractivity (Wildman–Crippen MR) is 151 cm³/mol. The van der Waals surface area contributed by atoms with Crippen LogP contribution in [0.5, 0.6) is 5.75 Å². The molecule has 0 radical (unpaired) electrons. The van der Waals surface area contributed by atoms with Gasteiger partial charge in [0.2, 0.25) is 11.8 Å². The molecule has 6 nitrogen and oxygen atoms in total. The zero-order valence-electron chi connectivity index (χ0n) is 24.0. The molecule has 0 aliphatic heterocycles. The second-order valence-corrected chi connectivity index (χ2v) is 11.9. The van der Waals surface area contributed by atoms with Crippen LogP contribution in [0.1, 0.15) is 66.0 Å². The Morgan fingerprint density at radius 1 is 0.865 bits per heavy atom. The van der Waals surface area contributed by atoms with Crippen LogP contribution in [0.25, 0.3) is 0 Å². The maximum Gasteiger partial charge on any atom is 0.243 e. The van der Waals surface area contributed by atoms with Gasteiger partial charge in [0.15, 0.2) is 0 Å². The lowest BCUT2D eigenvalue weighted by molar-refractivity contribution is -0.132. The number of likely N-dealkylation sites (N-methyl/N-ethyl adjacent to an activating group) is 1. The molecule has 0 heterocycles. The molecule has 0 aliphatic rings. The van der Waals surface area contributed by atoms with E-state index in [2.05, 4.69) is 43.2 Å². The molecule has 2 N–H and O–H groups in total. The summed E-state index contributed by atoms with van der Waals surface area (Å²) in [6.07, 6.45) is 1.13. The Morgan fingerprint density at radius 3 is 2.03 bits per heavy atom. The van der Waals surface area contributed by atoms with Crippen LogP contribution in [0.3, 0.4) is 0 Å². The van der Waals surface area contributed by atoms with Crippen molar-refractivity contribution in [2.75, 3.05) is 13.6 Å². The normalized spacial score (nSPS) is 13.5. The van der Waals surface area contributed by atoms with Crippen LogP contribution in [0, 0.1) is 11.8 Å². The summed E-state index contributed by atoms with van der Waals surface area (Å²) in [5, 5.41) is 6.13. The minimum absolute atomic E-state index is 0.103. The topological polar surface area (TPSA) is 70.7 Å². The highest BCUT2D eigenvalue weighted by Gasteiger charge is 2.30. The first-order chi connectivity index (χ1) is 17.3. The highest BCUT2D eigenvalue weighted by atomic mass is 16.5. The number of amides is 2. The molecule has 2 rings (SSSR count). The molecule has 204 valence electrons. The molecule has 37 heavy (non-hydrogen) atoms. The van der Waals surface area contributed by atoms with Crippen LogP contribution in [0.15, 0.2) is 54.6 Å². The van der Waals surface area contributed by atoms with Crippen molar-refractivity contribution >= 4 is 11.8 Å². The molecule has 2 aromatic carbocycles. The molecular weight excluding hydrogens is 462 g/mol. The van der Waals surface area contributed by atoms with Crippen molar-refractivity contribution in [2.45, 2.75) is 85.5 Å². The van der Waals surface area contributed by atoms with Gasteiger partial charge in [0, 0.05) is 18.5 Å². The van der Waals surface area contributed by atoms with Crippen LogP contribution in [-0.4, -0.2) is 47.9 Å². The van der Waals surface area contributed by atoms with Gasteiger partial charge in [-0.05, 0) is 69.3 Å². The third kappa shape index (κ3) is 11.4. The smallest absolute Gasteiger partial charge is 0.243 e. The number of benzene rings is 2. The third-order valence-corrected chi connectivity index (χ3v) is 5.93. The van der Waals surface area contributed by atoms with Gasteiger partial charge in [-0.3, -0.25) is 14.5 Å². The van der Waals surface area contributed by atoms with Crippen molar-refractivity contribution in [1.29, 1.82) is 0 Å². The standard InChI is InChI=1S/C31H47N3O3/c1-22(2)18-28(34(8)20-23(3)4)30(36)32-27(29(35)33-31(5,6)7)19-24-14-16-26(17-15-24)37-21-25-12-10-9-11-13-25/h9-17,22-23,27-28H,18-21H2,1-8H3,(H,32,36)(H,33,35)/t27-,28-/m0/s1. The van der Waals surface area contributed by atoms with Crippen molar-refractivity contribution in [1.82, 2.24) is 15.5 Å². The Hall–Kier alpha value is -2.86. The van der Waals surface area contributed by atoms with Crippen molar-refractivity contribution in [2.24, 2.45) is 11.8 Å². The molecule has 0 saturated heterocycles. The summed E-state index contributed by atoms with van der Waals surface area (Å²) >= 11 is 0. The fourth-order valence-corrected chi connectivity index (χ4v) is 4.27. The Morgan fingerprint density at radius 2 is 1.49 bits per heavy atom. The second kappa shape index (κ2) is 14.2. The van der Waals surface area contributed by atoms with Crippen molar-refractivity contribution < 1.29 is 14.3 Å². The fourth-order valence-electron chi connectivity index (χ4n) is 4.27. The molecule has 0 fully saturated rings. The van der Waals surface area contributed by atoms with E-state index in [1.165, 1.54) is 0 Å². The van der Waals surface area contributed by atoms with Gasteiger partial charge in [-0.2, -0.15) is 0 Å². The molecule has 0 saturated carbocycles. The van der Waals surface area contributed by atoms with E-state index in [0.717, 1.165) is 29.8 Å². The lowest BCUT2D eigenvalue weighted by atomic mass is 9.99. The minimum Gasteiger partial charge on any atom is -0.489 e. The zero-order valence-corrected chi connectivity index (χ0v) is 24.0. The van der Waals surface area contributed by atoms with Crippen LogP contribution in [0.2, 0.25) is 0 Å². The van der Waals surface area contributed by atoms with Crippen molar-refractivity contribution in [3.8, 4) is 5.75 Å². The Kier molecular flexibility index (Phi) is 11.6. The summed E-state index contributed by atoms with van der Waals surface area (Å²) in [6, 6.07) is 16.8. The van der Waals surface area contributed by atoms with Crippen LogP contribution in [-0.2, 0) is 22.6 Å². The van der Waals surface area contributed by atoms with Crippen LogP contribution in [0.4, 0.5) is 0 Å². The van der Waals surface area contributed by atoms with Gasteiger partial charge >= 0.3 is 0 Å². The van der Waals surface area contributed by atoms with Gasteiger partial charge < -0.3 is 15.4 Å². The maximum absolute atomic E-state index is 13.5. The predicted octanol–water partition coefficient (Wildman–Crippen LogP) is 5.21. The third-order valence-electron chi connectivity index (χ3n) is 5.93. The fraction of sp³-hybridized carbons (Fsp3) is 0.548. The molecule has 6 heteroatoms. The Labute approximate surface area is 224 Å². The lowest BCUT2D eigenvalue weighted by Gasteiger charge is -2.32. The van der Waals surface area contributed by atoms with E-state index in [1.54, 1.807) is 0 Å². The molecule has 0 aliphatic carbocycles. The van der Waals surface area contributed by atoms with Gasteiger partial charge in [0.25, 0.3) is 0 Å². The maximum atomic E-state index is 13.5. The SMILES string of the molecule is CC(C)C[C@@H](C(=O)N[C@@H](Cc1ccc(OCc2ccccc2)cc1)C(=O)NC(C)(C)C)N(C)CC(C)C. The molecule has 2 aromatic rings. The zero-order chi connectivity index (χ0) is 27.6. The lowest BCUT2D eigenvalue weighted by Crippen LogP contribution is -2.56. The monoisotopic (exact) mass is 509 g/mol. The Bertz CT molecular complexity index is 965. The van der Waals surface area contributed by atoms with Crippen LogP contribution < -0.4 is 15.4 Å². The molecule has 0 spiro atoms. The van der Waals surface area contributed by atoms with Gasteiger partial charge in [-0.25, -0.2) is 0 Å². The van der Waals surface area contributed by atoms with Gasteiger partial charge in [-0.1, -0.05) is 70.2 Å². The minimum atomic E-state index is -0.676. The highest BCUT2D eigenvalue weighted by Crippen LogP contribution is 2.17. The van der Waals surface area contributed by atoms with E-state index in [1.807, 2.05) is 82.4 Å². The van der Waals surface area contributed by atoms with Crippen molar-refractivity contribution in [3.63, 3.8) is 0 Å². The van der Waals surface area contributed by atoms with E-state index in [4.69, 9.17) is 4.74 Å². The van der Waals surface area contributed by atoms with E-state index in [9.17, 15) is 9.59 Å². The number of hydrogen-bond donors (Lipinski definition) is 2. The van der Waals surface area contributed by atoms with Crippen LogP contribution >= 0.6 is 0 Å². The summed E-state index contributed by atoms with van der Waals surface area (Å²) < 4.78 is 5.90. The molecule has 0 bridgehead atoms. The first-order valence-electron chi connectivity index (χ1n) is 13.4. The number of hydrogen-bond acceptors (Lipinski definition) is 4. The molecule has 2 amide bonds. The summed E-state index contributed by atoms with van der Waals surface area (Å²) in [5.74, 6) is 1.28. The van der Waals surface area contributed by atoms with Crippen molar-refractivity contribution in [3.05, 3.63) is 65.7 Å². The van der Waals surface area contributed by atoms with E-state index in [0.29, 0.717) is 24.9 Å². The summed E-state index contributed by atoms with van der Waals surface area (Å²) in [6.45, 7) is 15.7. The van der Waals surface area contributed by atoms with E-state index >= 15 is 0 Å². The molecule has 0 aromatic heterocycles. The number of carbonyl (C=O) groups is 2. The summed E-state index contributed by atoms with van der Waals surface area (Å²) in [4.78, 5) is 28.9. The molecule has 2 atom stereocenters. The number of ether oxygens (including phenoxy) is 1. The quantitative estimate of drug-likeness (QED) is 0.389. The van der Waals surface area contributed by atoms with Gasteiger partial charge in [0.1, 0.15) is 18.4 Å². The largest absolute Gasteiger partial charge is 0.489 e. The Balaban J connectivity index is 2.15. The molecular formula is C31H47N3O3. The van der Waals surface area contributed by atoms with E-state index < -0.39 is 11.6 Å². The second-order valence-electron chi connectivity index (χ2n) is 11.9. The first-order valence-corrected chi connectivity index (χ1v) is 13.4. The number of nitrogens with zero attached hydrogens (tertiary/aromatic N) is 1. The average molecular weight is 510 g/mol. The summed E-state index contributed by atoms with van der Waals surface area (Å²) in [5.41, 5.74) is 1.66.